The molecular formula is C25H29FN2O5. The van der Waals surface area contributed by atoms with Gasteiger partial charge in [-0.3, -0.25) is 9.36 Å². The van der Waals surface area contributed by atoms with E-state index in [4.69, 9.17) is 0 Å². The van der Waals surface area contributed by atoms with E-state index in [1.54, 1.807) is 24.3 Å². The number of aryl methyl sites for hydroxylation is 1. The minimum atomic E-state index is -3.59. The van der Waals surface area contributed by atoms with Crippen LogP contribution in [0.2, 0.25) is 0 Å². The lowest BCUT2D eigenvalue weighted by Gasteiger charge is -2.36. The Morgan fingerprint density at radius 1 is 1.27 bits per heavy atom. The highest BCUT2D eigenvalue weighted by atomic mass is 19.1. The molecule has 1 aromatic carbocycles. The molecule has 2 aromatic rings. The third kappa shape index (κ3) is 4.60. The zero-order valence-corrected chi connectivity index (χ0v) is 18.7. The SMILES string of the molecule is C=C/C(=C(/F)C(=C)CC1c2c(ncn(C(C)(O)C(O)(O)O)c2=O)CCC1C)c1ccccc1. The minimum Gasteiger partial charge on any atom is -0.364 e. The first kappa shape index (κ1) is 24.7. The van der Waals surface area contributed by atoms with Crippen molar-refractivity contribution >= 4 is 5.57 Å². The van der Waals surface area contributed by atoms with Crippen LogP contribution in [0.5, 0.6) is 0 Å². The first-order chi connectivity index (χ1) is 15.4. The molecule has 1 heterocycles. The van der Waals surface area contributed by atoms with Gasteiger partial charge in [-0.25, -0.2) is 9.37 Å². The fourth-order valence-electron chi connectivity index (χ4n) is 4.20. The van der Waals surface area contributed by atoms with Gasteiger partial charge in [-0.15, -0.1) is 0 Å². The maximum atomic E-state index is 15.4. The molecule has 33 heavy (non-hydrogen) atoms. The van der Waals surface area contributed by atoms with Gasteiger partial charge in [0, 0.05) is 11.1 Å². The lowest BCUT2D eigenvalue weighted by atomic mass is 9.75. The number of benzene rings is 1. The second-order valence-corrected chi connectivity index (χ2v) is 8.66. The molecule has 0 fully saturated rings. The van der Waals surface area contributed by atoms with Crippen molar-refractivity contribution < 1.29 is 24.8 Å². The fraction of sp³-hybridized carbons (Fsp3) is 0.360. The number of aliphatic hydroxyl groups is 4. The monoisotopic (exact) mass is 456 g/mol. The van der Waals surface area contributed by atoms with Crippen LogP contribution in [0.1, 0.15) is 49.4 Å². The number of halogens is 1. The van der Waals surface area contributed by atoms with Crippen LogP contribution in [0.3, 0.4) is 0 Å². The Morgan fingerprint density at radius 2 is 1.91 bits per heavy atom. The van der Waals surface area contributed by atoms with Gasteiger partial charge in [0.05, 0.1) is 5.69 Å². The van der Waals surface area contributed by atoms with Gasteiger partial charge in [0.1, 0.15) is 12.2 Å². The van der Waals surface area contributed by atoms with Gasteiger partial charge in [0.25, 0.3) is 5.56 Å². The third-order valence-corrected chi connectivity index (χ3v) is 6.39. The number of allylic oxidation sites excluding steroid dienone is 4. The molecule has 0 bridgehead atoms. The molecule has 3 unspecified atom stereocenters. The molecule has 0 aliphatic heterocycles. The standard InChI is InChI=1S/C25H29FN2O5/c1-5-18(17-9-7-6-8-10-17)22(26)16(3)13-19-15(2)11-12-20-21(19)23(29)28(14-27-20)24(4,30)25(31,32)33/h5-10,14-15,19,30-33H,1,3,11-13H2,2,4H3/b22-18-. The van der Waals surface area contributed by atoms with Gasteiger partial charge in [-0.05, 0) is 49.2 Å². The quantitative estimate of drug-likeness (QED) is 0.376. The van der Waals surface area contributed by atoms with Crippen LogP contribution in [0, 0.1) is 5.92 Å². The number of fused-ring (bicyclic) bond motifs is 1. The highest BCUT2D eigenvalue weighted by Gasteiger charge is 2.47. The van der Waals surface area contributed by atoms with Gasteiger partial charge >= 0.3 is 5.97 Å². The van der Waals surface area contributed by atoms with E-state index in [0.717, 1.165) is 13.3 Å². The molecule has 3 rings (SSSR count). The van der Waals surface area contributed by atoms with Crippen molar-refractivity contribution in [2.24, 2.45) is 5.92 Å². The first-order valence-corrected chi connectivity index (χ1v) is 10.7. The van der Waals surface area contributed by atoms with Gasteiger partial charge in [0.15, 0.2) is 0 Å². The summed E-state index contributed by atoms with van der Waals surface area (Å²) >= 11 is 0. The van der Waals surface area contributed by atoms with E-state index in [9.17, 15) is 25.2 Å². The van der Waals surface area contributed by atoms with Crippen molar-refractivity contribution in [1.29, 1.82) is 0 Å². The van der Waals surface area contributed by atoms with E-state index < -0.39 is 29.0 Å². The molecule has 1 aliphatic rings. The van der Waals surface area contributed by atoms with E-state index in [1.807, 2.05) is 13.0 Å². The molecule has 1 aliphatic carbocycles. The molecule has 0 saturated heterocycles. The van der Waals surface area contributed by atoms with E-state index in [-0.39, 0.29) is 23.5 Å². The molecule has 0 saturated carbocycles. The van der Waals surface area contributed by atoms with Gasteiger partial charge in [-0.2, -0.15) is 0 Å². The maximum absolute atomic E-state index is 15.4. The van der Waals surface area contributed by atoms with E-state index >= 15 is 4.39 Å². The van der Waals surface area contributed by atoms with Crippen molar-refractivity contribution in [3.05, 3.63) is 94.5 Å². The fourth-order valence-corrected chi connectivity index (χ4v) is 4.20. The van der Waals surface area contributed by atoms with Crippen molar-refractivity contribution in [2.75, 3.05) is 0 Å². The highest BCUT2D eigenvalue weighted by Crippen LogP contribution is 2.40. The summed E-state index contributed by atoms with van der Waals surface area (Å²) in [5.41, 5.74) is -1.67. The van der Waals surface area contributed by atoms with Crippen LogP contribution in [-0.4, -0.2) is 36.0 Å². The Balaban J connectivity index is 2.05. The predicted octanol–water partition coefficient (Wildman–Crippen LogP) is 2.72. The summed E-state index contributed by atoms with van der Waals surface area (Å²) in [4.78, 5) is 17.5. The van der Waals surface area contributed by atoms with Crippen LogP contribution < -0.4 is 5.56 Å². The van der Waals surface area contributed by atoms with Crippen LogP contribution in [0.25, 0.3) is 5.57 Å². The maximum Gasteiger partial charge on any atom is 0.326 e. The molecule has 3 atom stereocenters. The number of nitrogens with zero attached hydrogens (tertiary/aromatic N) is 2. The van der Waals surface area contributed by atoms with Crippen molar-refractivity contribution in [3.63, 3.8) is 0 Å². The Morgan fingerprint density at radius 3 is 2.48 bits per heavy atom. The summed E-state index contributed by atoms with van der Waals surface area (Å²) in [6.07, 6.45) is 3.70. The normalized spacial score (nSPS) is 20.9. The molecule has 4 N–H and O–H groups in total. The summed E-state index contributed by atoms with van der Waals surface area (Å²) in [7, 11) is 0. The Kier molecular flexibility index (Phi) is 6.85. The average molecular weight is 457 g/mol. The Labute approximate surface area is 191 Å². The average Bonchev–Trinajstić information content (AvgIpc) is 2.76. The molecule has 7 nitrogen and oxygen atoms in total. The van der Waals surface area contributed by atoms with Gasteiger partial charge in [0.2, 0.25) is 5.72 Å². The zero-order chi connectivity index (χ0) is 24.6. The smallest absolute Gasteiger partial charge is 0.326 e. The second kappa shape index (κ2) is 9.15. The van der Waals surface area contributed by atoms with E-state index in [2.05, 4.69) is 18.1 Å². The summed E-state index contributed by atoms with van der Waals surface area (Å²) in [5, 5.41) is 39.1. The third-order valence-electron chi connectivity index (χ3n) is 6.39. The van der Waals surface area contributed by atoms with Crippen LogP contribution in [0.4, 0.5) is 4.39 Å². The largest absolute Gasteiger partial charge is 0.364 e. The first-order valence-electron chi connectivity index (χ1n) is 10.7. The molecular weight excluding hydrogens is 427 g/mol. The molecule has 8 heteroatoms. The molecule has 0 spiro atoms. The second-order valence-electron chi connectivity index (χ2n) is 8.66. The number of aromatic nitrogens is 2. The lowest BCUT2D eigenvalue weighted by Crippen LogP contribution is -2.57. The predicted molar refractivity (Wildman–Crippen MR) is 122 cm³/mol. The van der Waals surface area contributed by atoms with E-state index in [1.165, 1.54) is 6.08 Å². The van der Waals surface area contributed by atoms with Gasteiger partial charge < -0.3 is 20.4 Å². The van der Waals surface area contributed by atoms with Crippen molar-refractivity contribution in [3.8, 4) is 0 Å². The lowest BCUT2D eigenvalue weighted by molar-refractivity contribution is -0.412. The Hall–Kier alpha value is -2.91. The summed E-state index contributed by atoms with van der Waals surface area (Å²) in [5.74, 6) is -4.65. The molecule has 1 aromatic heterocycles. The van der Waals surface area contributed by atoms with Crippen LogP contribution in [-0.2, 0) is 12.1 Å². The van der Waals surface area contributed by atoms with Gasteiger partial charge in [-0.1, -0.05) is 56.5 Å². The Bertz CT molecular complexity index is 1150. The highest BCUT2D eigenvalue weighted by molar-refractivity contribution is 5.77. The molecule has 0 amide bonds. The summed E-state index contributed by atoms with van der Waals surface area (Å²) in [6, 6.07) is 8.93. The summed E-state index contributed by atoms with van der Waals surface area (Å²) in [6.45, 7) is 10.4. The zero-order valence-electron chi connectivity index (χ0n) is 18.7. The molecule has 0 radical (unpaired) electrons. The number of hydrogen-bond acceptors (Lipinski definition) is 6. The van der Waals surface area contributed by atoms with Crippen molar-refractivity contribution in [1.82, 2.24) is 9.55 Å². The topological polar surface area (TPSA) is 116 Å². The number of hydrogen-bond donors (Lipinski definition) is 4. The van der Waals surface area contributed by atoms with Crippen LogP contribution >= 0.6 is 0 Å². The van der Waals surface area contributed by atoms with E-state index in [0.29, 0.717) is 34.2 Å². The molecule has 176 valence electrons. The number of rotatable bonds is 7. The minimum absolute atomic E-state index is 0.0385. The van der Waals surface area contributed by atoms with Crippen molar-refractivity contribution in [2.45, 2.75) is 50.7 Å². The van der Waals surface area contributed by atoms with Crippen LogP contribution in [0.15, 0.2) is 72.1 Å². The summed E-state index contributed by atoms with van der Waals surface area (Å²) < 4.78 is 16.0.